The molecule has 0 spiro atoms. The van der Waals surface area contributed by atoms with Gasteiger partial charge in [-0.25, -0.2) is 9.18 Å². The van der Waals surface area contributed by atoms with Crippen molar-refractivity contribution in [1.82, 2.24) is 46.5 Å². The monoisotopic (exact) mass is 545 g/mol. The molecule has 39 heavy (non-hydrogen) atoms. The Morgan fingerprint density at radius 3 is 2.49 bits per heavy atom. The molecule has 13 nitrogen and oxygen atoms in total. The summed E-state index contributed by atoms with van der Waals surface area (Å²) in [6.45, 7) is 6.21. The Balaban J connectivity index is 1.45. The summed E-state index contributed by atoms with van der Waals surface area (Å²) >= 11 is 0. The van der Waals surface area contributed by atoms with E-state index in [1.807, 2.05) is 24.3 Å². The first-order chi connectivity index (χ1) is 18.4. The number of carbonyl (C=O) groups excluding carboxylic acids is 3. The summed E-state index contributed by atoms with van der Waals surface area (Å²) in [7, 11) is 3.17. The van der Waals surface area contributed by atoms with Crippen LogP contribution in [0.2, 0.25) is 0 Å². The molecule has 1 aliphatic rings. The van der Waals surface area contributed by atoms with Crippen molar-refractivity contribution in [1.29, 1.82) is 0 Å². The molecule has 4 N–H and O–H groups in total. The van der Waals surface area contributed by atoms with Crippen LogP contribution < -0.4 is 21.4 Å². The SMILES string of the molecule is CNC(=O)c1cn(CCC(F)CN2C=C(C(=O)NCc3cccc(CNC(=O)OC(C)(C)C)c3)NN2C)nn1. The minimum absolute atomic E-state index is 0.0178. The molecular weight excluding hydrogens is 509 g/mol. The number of nitrogens with zero attached hydrogens (tertiary/aromatic N) is 5. The van der Waals surface area contributed by atoms with Crippen molar-refractivity contribution in [2.75, 3.05) is 20.6 Å². The normalized spacial score (nSPS) is 14.3. The van der Waals surface area contributed by atoms with E-state index in [1.54, 1.807) is 39.0 Å². The van der Waals surface area contributed by atoms with Gasteiger partial charge in [-0.15, -0.1) is 10.2 Å². The topological polar surface area (TPSA) is 146 Å². The van der Waals surface area contributed by atoms with Gasteiger partial charge in [0.2, 0.25) is 0 Å². The standard InChI is InChI=1S/C25H36FN9O4/c1-25(2,3)39-24(38)29-13-18-8-6-7-17(11-18)12-28-23(37)21-16-35(33(5)31-21)14-19(26)9-10-34-15-20(30-32-34)22(36)27-4/h6-8,11,15-16,19,31H,9-10,12-14H2,1-5H3,(H,27,36)(H,28,37)(H,29,38). The summed E-state index contributed by atoms with van der Waals surface area (Å²) in [5.74, 6) is -0.706. The van der Waals surface area contributed by atoms with Gasteiger partial charge in [0.1, 0.15) is 17.5 Å². The van der Waals surface area contributed by atoms with Gasteiger partial charge in [0.05, 0.1) is 12.7 Å². The number of alkyl carbamates (subject to hydrolysis) is 1. The van der Waals surface area contributed by atoms with Crippen molar-refractivity contribution in [2.24, 2.45) is 0 Å². The Labute approximate surface area is 226 Å². The van der Waals surface area contributed by atoms with Gasteiger partial charge in [-0.1, -0.05) is 29.5 Å². The third-order valence-corrected chi connectivity index (χ3v) is 5.53. The first-order valence-electron chi connectivity index (χ1n) is 12.5. The van der Waals surface area contributed by atoms with Crippen LogP contribution in [0.25, 0.3) is 0 Å². The van der Waals surface area contributed by atoms with E-state index in [4.69, 9.17) is 4.74 Å². The largest absolute Gasteiger partial charge is 0.444 e. The first-order valence-corrected chi connectivity index (χ1v) is 12.5. The van der Waals surface area contributed by atoms with E-state index in [0.29, 0.717) is 6.54 Å². The molecule has 0 radical (unpaired) electrons. The lowest BCUT2D eigenvalue weighted by Crippen LogP contribution is -2.43. The van der Waals surface area contributed by atoms with Crippen molar-refractivity contribution in [3.05, 3.63) is 59.2 Å². The molecular formula is C25H36FN9O4. The summed E-state index contributed by atoms with van der Waals surface area (Å²) in [6, 6.07) is 7.46. The predicted octanol–water partition coefficient (Wildman–Crippen LogP) is 1.22. The summed E-state index contributed by atoms with van der Waals surface area (Å²) in [6.07, 6.45) is 1.43. The number of hydrazine groups is 2. The molecule has 0 saturated heterocycles. The smallest absolute Gasteiger partial charge is 0.407 e. The van der Waals surface area contributed by atoms with E-state index in [1.165, 1.54) is 23.0 Å². The molecule has 0 saturated carbocycles. The molecule has 1 unspecified atom stereocenters. The number of hydrogen-bond acceptors (Lipinski definition) is 9. The van der Waals surface area contributed by atoms with Gasteiger partial charge in [-0.3, -0.25) is 24.7 Å². The molecule has 1 aromatic heterocycles. The Bertz CT molecular complexity index is 1190. The average Bonchev–Trinajstić information content (AvgIpc) is 3.50. The first kappa shape index (κ1) is 29.4. The van der Waals surface area contributed by atoms with Crippen molar-refractivity contribution in [2.45, 2.75) is 58.6 Å². The molecule has 1 atom stereocenters. The molecule has 3 rings (SSSR count). The molecule has 14 heteroatoms. The van der Waals surface area contributed by atoms with Crippen LogP contribution in [0.1, 0.15) is 48.8 Å². The van der Waals surface area contributed by atoms with Crippen LogP contribution in [-0.4, -0.2) is 75.4 Å². The van der Waals surface area contributed by atoms with Crippen LogP contribution in [-0.2, 0) is 29.2 Å². The second-order valence-electron chi connectivity index (χ2n) is 9.99. The average molecular weight is 546 g/mol. The maximum atomic E-state index is 14.7. The van der Waals surface area contributed by atoms with Gasteiger partial charge in [0.25, 0.3) is 11.8 Å². The number of aromatic nitrogens is 3. The fraction of sp³-hybridized carbons (Fsp3) is 0.480. The van der Waals surface area contributed by atoms with Gasteiger partial charge in [-0.2, -0.15) is 0 Å². The second-order valence-corrected chi connectivity index (χ2v) is 9.99. The van der Waals surface area contributed by atoms with E-state index in [9.17, 15) is 18.8 Å². The van der Waals surface area contributed by atoms with Gasteiger partial charge in [0, 0.05) is 46.4 Å². The Kier molecular flexibility index (Phi) is 9.82. The number of rotatable bonds is 11. The maximum absolute atomic E-state index is 14.7. The molecule has 3 amide bonds. The second kappa shape index (κ2) is 13.0. The quantitative estimate of drug-likeness (QED) is 0.327. The van der Waals surface area contributed by atoms with Crippen LogP contribution in [0.15, 0.2) is 42.4 Å². The van der Waals surface area contributed by atoms with Crippen LogP contribution in [0.4, 0.5) is 9.18 Å². The van der Waals surface area contributed by atoms with E-state index < -0.39 is 17.9 Å². The number of alkyl halides is 1. The lowest BCUT2D eigenvalue weighted by atomic mass is 10.1. The van der Waals surface area contributed by atoms with Crippen molar-refractivity contribution in [3.63, 3.8) is 0 Å². The summed E-state index contributed by atoms with van der Waals surface area (Å²) in [4.78, 5) is 36.2. The molecule has 212 valence electrons. The zero-order valence-electron chi connectivity index (χ0n) is 22.8. The number of hydrogen-bond donors (Lipinski definition) is 4. The van der Waals surface area contributed by atoms with Crippen LogP contribution in [0.5, 0.6) is 0 Å². The number of ether oxygens (including phenoxy) is 1. The van der Waals surface area contributed by atoms with Crippen molar-refractivity contribution < 1.29 is 23.5 Å². The van der Waals surface area contributed by atoms with Crippen LogP contribution >= 0.6 is 0 Å². The number of benzene rings is 1. The zero-order chi connectivity index (χ0) is 28.6. The van der Waals surface area contributed by atoms with E-state index >= 15 is 0 Å². The maximum Gasteiger partial charge on any atom is 0.407 e. The number of aryl methyl sites for hydroxylation is 1. The lowest BCUT2D eigenvalue weighted by Gasteiger charge is -2.25. The Hall–Kier alpha value is -4.20. The Morgan fingerprint density at radius 2 is 1.82 bits per heavy atom. The highest BCUT2D eigenvalue weighted by atomic mass is 19.1. The van der Waals surface area contributed by atoms with Crippen molar-refractivity contribution >= 4 is 17.9 Å². The fourth-order valence-electron chi connectivity index (χ4n) is 3.61. The summed E-state index contributed by atoms with van der Waals surface area (Å²) < 4.78 is 21.3. The molecule has 1 aromatic carbocycles. The number of halogens is 1. The molecule has 2 aromatic rings. The number of carbonyl (C=O) groups is 3. The van der Waals surface area contributed by atoms with E-state index in [2.05, 4.69) is 31.7 Å². The minimum atomic E-state index is -1.22. The van der Waals surface area contributed by atoms with Gasteiger partial charge < -0.3 is 20.7 Å². The molecule has 1 aliphatic heterocycles. The van der Waals surface area contributed by atoms with Gasteiger partial charge >= 0.3 is 6.09 Å². The Morgan fingerprint density at radius 1 is 1.13 bits per heavy atom. The third kappa shape index (κ3) is 9.25. The molecule has 0 aliphatic carbocycles. The van der Waals surface area contributed by atoms with Crippen LogP contribution in [0, 0.1) is 0 Å². The summed E-state index contributed by atoms with van der Waals surface area (Å²) in [5, 5.41) is 18.7. The van der Waals surface area contributed by atoms with Gasteiger partial charge in [0.15, 0.2) is 5.69 Å². The van der Waals surface area contributed by atoms with E-state index in [-0.39, 0.29) is 49.3 Å². The van der Waals surface area contributed by atoms with E-state index in [0.717, 1.165) is 11.1 Å². The molecule has 0 fully saturated rings. The fourth-order valence-corrected chi connectivity index (χ4v) is 3.61. The van der Waals surface area contributed by atoms with Crippen LogP contribution in [0.3, 0.4) is 0 Å². The third-order valence-electron chi connectivity index (χ3n) is 5.53. The zero-order valence-corrected chi connectivity index (χ0v) is 22.8. The minimum Gasteiger partial charge on any atom is -0.444 e. The lowest BCUT2D eigenvalue weighted by molar-refractivity contribution is -0.118. The molecule has 0 bridgehead atoms. The molecule has 2 heterocycles. The summed E-state index contributed by atoms with van der Waals surface area (Å²) in [5.41, 5.74) is 4.49. The highest BCUT2D eigenvalue weighted by Gasteiger charge is 2.25. The number of amides is 3. The predicted molar refractivity (Wildman–Crippen MR) is 140 cm³/mol. The number of nitrogens with one attached hydrogen (secondary N) is 4. The highest BCUT2D eigenvalue weighted by Crippen LogP contribution is 2.13. The highest BCUT2D eigenvalue weighted by molar-refractivity contribution is 5.93. The van der Waals surface area contributed by atoms with Crippen molar-refractivity contribution in [3.8, 4) is 0 Å². The van der Waals surface area contributed by atoms with Gasteiger partial charge in [-0.05, 0) is 31.9 Å².